The van der Waals surface area contributed by atoms with Gasteiger partial charge in [0.1, 0.15) is 18.0 Å². The lowest BCUT2D eigenvalue weighted by Crippen LogP contribution is -2.60. The minimum Gasteiger partial charge on any atom is -0.464 e. The first-order valence-corrected chi connectivity index (χ1v) is 11.0. The smallest absolute Gasteiger partial charge is 0.312 e. The van der Waals surface area contributed by atoms with Gasteiger partial charge in [-0.1, -0.05) is 13.8 Å². The van der Waals surface area contributed by atoms with E-state index >= 15 is 0 Å². The highest BCUT2D eigenvalue weighted by atomic mass is 32.2. The maximum absolute atomic E-state index is 12.8. The number of carbonyl (C=O) groups excluding carboxylic acids is 2. The van der Waals surface area contributed by atoms with Crippen LogP contribution in [0.15, 0.2) is 0 Å². The number of rotatable bonds is 7. The van der Waals surface area contributed by atoms with Crippen molar-refractivity contribution in [2.45, 2.75) is 64.4 Å². The van der Waals surface area contributed by atoms with Crippen LogP contribution in [0, 0.1) is 23.2 Å². The molecule has 7 nitrogen and oxygen atoms in total. The molecule has 3 atom stereocenters. The summed E-state index contributed by atoms with van der Waals surface area (Å²) in [6, 6.07) is 0. The molecular weight excluding hydrogens is 360 g/mol. The zero-order chi connectivity index (χ0) is 19.2. The average Bonchev–Trinajstić information content (AvgIpc) is 2.50. The highest BCUT2D eigenvalue weighted by molar-refractivity contribution is 7.85. The van der Waals surface area contributed by atoms with Gasteiger partial charge in [0, 0.05) is 6.42 Å². The van der Waals surface area contributed by atoms with E-state index in [4.69, 9.17) is 14.0 Å². The SMILES string of the molecule is CCC(C)C(=O)OC12CC3CC(C1)CC(C(=O)OCCS(=O)(=O)O)(C3)C2. The zero-order valence-corrected chi connectivity index (χ0v) is 16.2. The fourth-order valence-corrected chi connectivity index (χ4v) is 5.70. The number of carbonyl (C=O) groups is 2. The highest BCUT2D eigenvalue weighted by Crippen LogP contribution is 2.63. The van der Waals surface area contributed by atoms with Crippen molar-refractivity contribution in [3.05, 3.63) is 0 Å². The van der Waals surface area contributed by atoms with E-state index in [1.807, 2.05) is 13.8 Å². The Bertz CT molecular complexity index is 670. The summed E-state index contributed by atoms with van der Waals surface area (Å²) in [4.78, 5) is 25.1. The molecule has 0 aromatic carbocycles. The van der Waals surface area contributed by atoms with Crippen molar-refractivity contribution in [2.24, 2.45) is 23.2 Å². The minimum absolute atomic E-state index is 0.166. The van der Waals surface area contributed by atoms with Crippen molar-refractivity contribution in [1.82, 2.24) is 0 Å². The number of hydrogen-bond donors (Lipinski definition) is 1. The van der Waals surface area contributed by atoms with Crippen LogP contribution < -0.4 is 0 Å². The van der Waals surface area contributed by atoms with Gasteiger partial charge in [0.2, 0.25) is 0 Å². The first-order valence-electron chi connectivity index (χ1n) is 9.42. The molecule has 0 amide bonds. The Balaban J connectivity index is 1.72. The van der Waals surface area contributed by atoms with Gasteiger partial charge >= 0.3 is 11.9 Å². The summed E-state index contributed by atoms with van der Waals surface area (Å²) >= 11 is 0. The summed E-state index contributed by atoms with van der Waals surface area (Å²) in [7, 11) is -4.16. The molecule has 4 aliphatic rings. The van der Waals surface area contributed by atoms with Crippen LogP contribution in [0.25, 0.3) is 0 Å². The van der Waals surface area contributed by atoms with E-state index in [0.717, 1.165) is 19.3 Å². The molecule has 0 aliphatic heterocycles. The lowest BCUT2D eigenvalue weighted by atomic mass is 9.48. The second kappa shape index (κ2) is 6.78. The molecule has 8 heteroatoms. The van der Waals surface area contributed by atoms with Crippen LogP contribution in [-0.4, -0.2) is 42.9 Å². The maximum Gasteiger partial charge on any atom is 0.312 e. The summed E-state index contributed by atoms with van der Waals surface area (Å²) < 4.78 is 41.6. The second-order valence-electron chi connectivity index (χ2n) is 8.58. The summed E-state index contributed by atoms with van der Waals surface area (Å²) in [6.45, 7) is 3.44. The third-order valence-electron chi connectivity index (χ3n) is 6.35. The Morgan fingerprint density at radius 2 is 1.81 bits per heavy atom. The molecule has 4 rings (SSSR count). The Morgan fingerprint density at radius 3 is 2.35 bits per heavy atom. The van der Waals surface area contributed by atoms with Crippen LogP contribution in [0.3, 0.4) is 0 Å². The third-order valence-corrected chi connectivity index (χ3v) is 7.03. The van der Waals surface area contributed by atoms with Gasteiger partial charge in [0.15, 0.2) is 0 Å². The van der Waals surface area contributed by atoms with Gasteiger partial charge in [0.05, 0.1) is 11.3 Å². The lowest BCUT2D eigenvalue weighted by Gasteiger charge is -2.59. The molecule has 4 aliphatic carbocycles. The molecule has 0 saturated heterocycles. The summed E-state index contributed by atoms with van der Waals surface area (Å²) in [5.74, 6) is -0.732. The fourth-order valence-electron chi connectivity index (χ4n) is 5.41. The maximum atomic E-state index is 12.8. The largest absolute Gasteiger partial charge is 0.464 e. The molecule has 0 heterocycles. The molecule has 0 spiro atoms. The van der Waals surface area contributed by atoms with Crippen LogP contribution >= 0.6 is 0 Å². The molecule has 0 radical (unpaired) electrons. The van der Waals surface area contributed by atoms with Gasteiger partial charge < -0.3 is 9.47 Å². The van der Waals surface area contributed by atoms with Crippen molar-refractivity contribution in [3.63, 3.8) is 0 Å². The second-order valence-corrected chi connectivity index (χ2v) is 10.1. The van der Waals surface area contributed by atoms with Gasteiger partial charge in [-0.15, -0.1) is 0 Å². The van der Waals surface area contributed by atoms with Crippen LogP contribution in [0.1, 0.15) is 58.8 Å². The number of hydrogen-bond acceptors (Lipinski definition) is 6. The predicted octanol–water partition coefficient (Wildman–Crippen LogP) is 2.35. The topological polar surface area (TPSA) is 107 Å². The van der Waals surface area contributed by atoms with Gasteiger partial charge in [0.25, 0.3) is 10.1 Å². The van der Waals surface area contributed by atoms with Crippen molar-refractivity contribution < 1.29 is 32.0 Å². The molecule has 4 saturated carbocycles. The predicted molar refractivity (Wildman–Crippen MR) is 92.8 cm³/mol. The molecule has 0 aromatic rings. The molecule has 1 N–H and O–H groups in total. The standard InChI is InChI=1S/C18H28O7S/c1-3-12(2)15(19)25-18-9-13-6-14(10-18)8-17(7-13,11-18)16(20)24-4-5-26(21,22)23/h12-14H,3-11H2,1-2H3,(H,21,22,23). The Morgan fingerprint density at radius 1 is 1.19 bits per heavy atom. The van der Waals surface area contributed by atoms with Crippen molar-refractivity contribution in [3.8, 4) is 0 Å². The van der Waals surface area contributed by atoms with E-state index in [1.54, 1.807) is 0 Å². The third kappa shape index (κ3) is 3.91. The Labute approximate surface area is 154 Å². The van der Waals surface area contributed by atoms with Crippen LogP contribution in [0.5, 0.6) is 0 Å². The van der Waals surface area contributed by atoms with E-state index in [0.29, 0.717) is 37.5 Å². The Kier molecular flexibility index (Phi) is 5.11. The molecular formula is C18H28O7S. The molecule has 3 unspecified atom stereocenters. The summed E-state index contributed by atoms with van der Waals surface area (Å²) in [6.07, 6.45) is 5.22. The van der Waals surface area contributed by atoms with Gasteiger partial charge in [-0.2, -0.15) is 8.42 Å². The van der Waals surface area contributed by atoms with E-state index in [1.165, 1.54) is 0 Å². The van der Waals surface area contributed by atoms with Crippen molar-refractivity contribution >= 4 is 22.1 Å². The van der Waals surface area contributed by atoms with E-state index in [2.05, 4.69) is 0 Å². The van der Waals surface area contributed by atoms with E-state index < -0.39 is 32.9 Å². The normalized spacial score (nSPS) is 36.6. The van der Waals surface area contributed by atoms with Crippen LogP contribution in [0.4, 0.5) is 0 Å². The summed E-state index contributed by atoms with van der Waals surface area (Å²) in [5, 5.41) is 0. The van der Waals surface area contributed by atoms with E-state index in [-0.39, 0.29) is 18.5 Å². The number of ether oxygens (including phenoxy) is 2. The number of esters is 2. The monoisotopic (exact) mass is 388 g/mol. The first-order chi connectivity index (χ1) is 12.1. The zero-order valence-electron chi connectivity index (χ0n) is 15.4. The molecule has 148 valence electrons. The molecule has 4 bridgehead atoms. The quantitative estimate of drug-likeness (QED) is 0.527. The molecule has 26 heavy (non-hydrogen) atoms. The first kappa shape index (κ1) is 19.6. The Hall–Kier alpha value is -1.15. The highest BCUT2D eigenvalue weighted by Gasteiger charge is 2.63. The van der Waals surface area contributed by atoms with Crippen LogP contribution in [-0.2, 0) is 29.2 Å². The van der Waals surface area contributed by atoms with E-state index in [9.17, 15) is 18.0 Å². The van der Waals surface area contributed by atoms with Crippen LogP contribution in [0.2, 0.25) is 0 Å². The molecule has 0 aromatic heterocycles. The van der Waals surface area contributed by atoms with Gasteiger partial charge in [-0.25, -0.2) is 0 Å². The van der Waals surface area contributed by atoms with Crippen molar-refractivity contribution in [2.75, 3.05) is 12.4 Å². The minimum atomic E-state index is -4.16. The summed E-state index contributed by atoms with van der Waals surface area (Å²) in [5.41, 5.74) is -1.29. The van der Waals surface area contributed by atoms with Gasteiger partial charge in [-0.3, -0.25) is 14.1 Å². The van der Waals surface area contributed by atoms with Crippen molar-refractivity contribution in [1.29, 1.82) is 0 Å². The lowest BCUT2D eigenvalue weighted by molar-refractivity contribution is -0.214. The fraction of sp³-hybridized carbons (Fsp3) is 0.889. The van der Waals surface area contributed by atoms with Gasteiger partial charge in [-0.05, 0) is 50.4 Å². The molecule has 4 fully saturated rings. The average molecular weight is 388 g/mol.